The zero-order valence-corrected chi connectivity index (χ0v) is 8.27. The highest BCUT2D eigenvalue weighted by Crippen LogP contribution is 2.34. The molecule has 1 aliphatic rings. The maximum atomic E-state index is 2.42. The van der Waals surface area contributed by atoms with Gasteiger partial charge in [-0.2, -0.15) is 0 Å². The Morgan fingerprint density at radius 3 is 2.64 bits per heavy atom. The molecule has 0 amide bonds. The van der Waals surface area contributed by atoms with Crippen molar-refractivity contribution in [2.24, 2.45) is 17.8 Å². The minimum Gasteiger partial charge on any atom is -0.0651 e. The van der Waals surface area contributed by atoms with Crippen LogP contribution in [0.4, 0.5) is 0 Å². The summed E-state index contributed by atoms with van der Waals surface area (Å²) in [6.45, 7) is 7.15. The average molecular weight is 154 g/mol. The third kappa shape index (κ3) is 2.50. The van der Waals surface area contributed by atoms with Crippen molar-refractivity contribution in [1.82, 2.24) is 0 Å². The number of hydrogen-bond acceptors (Lipinski definition) is 0. The highest BCUT2D eigenvalue weighted by molar-refractivity contribution is 4.73. The predicted molar refractivity (Wildman–Crippen MR) is 50.6 cm³/mol. The SMILES string of the molecule is CC[C@H](C)C1CCC[C@H](C)C1. The van der Waals surface area contributed by atoms with Crippen LogP contribution in [0.1, 0.15) is 52.9 Å². The Morgan fingerprint density at radius 2 is 2.09 bits per heavy atom. The fourth-order valence-corrected chi connectivity index (χ4v) is 2.33. The van der Waals surface area contributed by atoms with Gasteiger partial charge in [-0.15, -0.1) is 0 Å². The topological polar surface area (TPSA) is 0 Å². The van der Waals surface area contributed by atoms with E-state index in [1.807, 2.05) is 0 Å². The molecule has 0 radical (unpaired) electrons. The molecule has 0 heteroatoms. The monoisotopic (exact) mass is 154 g/mol. The summed E-state index contributed by atoms with van der Waals surface area (Å²) in [4.78, 5) is 0. The first-order valence-corrected chi connectivity index (χ1v) is 5.24. The summed E-state index contributed by atoms with van der Waals surface area (Å²) >= 11 is 0. The van der Waals surface area contributed by atoms with Crippen LogP contribution in [0, 0.1) is 17.8 Å². The molecule has 0 aromatic rings. The lowest BCUT2D eigenvalue weighted by atomic mass is 9.75. The molecule has 0 aliphatic heterocycles. The van der Waals surface area contributed by atoms with E-state index in [1.54, 1.807) is 0 Å². The lowest BCUT2D eigenvalue weighted by Gasteiger charge is -2.30. The Balaban J connectivity index is 2.33. The van der Waals surface area contributed by atoms with Crippen molar-refractivity contribution < 1.29 is 0 Å². The molecule has 0 nitrogen and oxygen atoms in total. The molecule has 0 aromatic heterocycles. The lowest BCUT2D eigenvalue weighted by molar-refractivity contribution is 0.211. The van der Waals surface area contributed by atoms with E-state index in [9.17, 15) is 0 Å². The normalized spacial score (nSPS) is 35.2. The highest BCUT2D eigenvalue weighted by atomic mass is 14.3. The molecule has 0 bridgehead atoms. The summed E-state index contributed by atoms with van der Waals surface area (Å²) in [5.41, 5.74) is 0. The van der Waals surface area contributed by atoms with E-state index in [0.717, 1.165) is 17.8 Å². The van der Waals surface area contributed by atoms with Gasteiger partial charge in [-0.05, 0) is 24.2 Å². The largest absolute Gasteiger partial charge is 0.0651 e. The number of hydrogen-bond donors (Lipinski definition) is 0. The maximum absolute atomic E-state index is 2.42. The second kappa shape index (κ2) is 4.13. The summed E-state index contributed by atoms with van der Waals surface area (Å²) in [5, 5.41) is 0. The van der Waals surface area contributed by atoms with Gasteiger partial charge < -0.3 is 0 Å². The van der Waals surface area contributed by atoms with Gasteiger partial charge in [-0.3, -0.25) is 0 Å². The fourth-order valence-electron chi connectivity index (χ4n) is 2.33. The first-order valence-electron chi connectivity index (χ1n) is 5.24. The molecule has 1 unspecified atom stereocenters. The molecule has 66 valence electrons. The van der Waals surface area contributed by atoms with Gasteiger partial charge in [0.05, 0.1) is 0 Å². The summed E-state index contributed by atoms with van der Waals surface area (Å²) in [6.07, 6.45) is 7.33. The number of rotatable bonds is 2. The van der Waals surface area contributed by atoms with E-state index in [2.05, 4.69) is 20.8 Å². The van der Waals surface area contributed by atoms with Gasteiger partial charge in [-0.1, -0.05) is 46.5 Å². The molecule has 1 rings (SSSR count). The molecule has 0 aromatic carbocycles. The first kappa shape index (κ1) is 9.09. The third-order valence-corrected chi connectivity index (χ3v) is 3.43. The van der Waals surface area contributed by atoms with E-state index in [-0.39, 0.29) is 0 Å². The van der Waals surface area contributed by atoms with Crippen LogP contribution < -0.4 is 0 Å². The van der Waals surface area contributed by atoms with Crippen LogP contribution in [-0.4, -0.2) is 0 Å². The lowest BCUT2D eigenvalue weighted by Crippen LogP contribution is -2.19. The van der Waals surface area contributed by atoms with Gasteiger partial charge in [0.2, 0.25) is 0 Å². The van der Waals surface area contributed by atoms with Crippen molar-refractivity contribution in [1.29, 1.82) is 0 Å². The van der Waals surface area contributed by atoms with Crippen LogP contribution in [0.5, 0.6) is 0 Å². The van der Waals surface area contributed by atoms with E-state index < -0.39 is 0 Å². The first-order chi connectivity index (χ1) is 5.24. The van der Waals surface area contributed by atoms with Crippen LogP contribution in [0.25, 0.3) is 0 Å². The van der Waals surface area contributed by atoms with E-state index >= 15 is 0 Å². The van der Waals surface area contributed by atoms with Crippen LogP contribution in [0.3, 0.4) is 0 Å². The van der Waals surface area contributed by atoms with Crippen LogP contribution in [0.2, 0.25) is 0 Å². The Bertz CT molecular complexity index is 107. The molecular formula is C11H22. The quantitative estimate of drug-likeness (QED) is 0.566. The minimum absolute atomic E-state index is 0.970. The molecule has 0 N–H and O–H groups in total. The summed E-state index contributed by atoms with van der Waals surface area (Å²) in [6, 6.07) is 0. The van der Waals surface area contributed by atoms with Crippen molar-refractivity contribution in [3.8, 4) is 0 Å². The van der Waals surface area contributed by atoms with Crippen LogP contribution >= 0.6 is 0 Å². The molecule has 1 aliphatic carbocycles. The minimum atomic E-state index is 0.970. The van der Waals surface area contributed by atoms with E-state index in [1.165, 1.54) is 32.1 Å². The molecule has 11 heavy (non-hydrogen) atoms. The van der Waals surface area contributed by atoms with Gasteiger partial charge in [0.25, 0.3) is 0 Å². The summed E-state index contributed by atoms with van der Waals surface area (Å²) in [7, 11) is 0. The van der Waals surface area contributed by atoms with Gasteiger partial charge in [0.15, 0.2) is 0 Å². The molecule has 3 atom stereocenters. The summed E-state index contributed by atoms with van der Waals surface area (Å²) in [5.74, 6) is 3.02. The predicted octanol–water partition coefficient (Wildman–Crippen LogP) is 3.86. The van der Waals surface area contributed by atoms with E-state index in [4.69, 9.17) is 0 Å². The molecule has 0 spiro atoms. The third-order valence-electron chi connectivity index (χ3n) is 3.43. The average Bonchev–Trinajstić information content (AvgIpc) is 2.03. The van der Waals surface area contributed by atoms with Gasteiger partial charge >= 0.3 is 0 Å². The second-order valence-corrected chi connectivity index (χ2v) is 4.42. The fraction of sp³-hybridized carbons (Fsp3) is 1.00. The van der Waals surface area contributed by atoms with Crippen molar-refractivity contribution in [2.45, 2.75) is 52.9 Å². The second-order valence-electron chi connectivity index (χ2n) is 4.42. The summed E-state index contributed by atoms with van der Waals surface area (Å²) < 4.78 is 0. The molecular weight excluding hydrogens is 132 g/mol. The highest BCUT2D eigenvalue weighted by Gasteiger charge is 2.22. The Hall–Kier alpha value is 0. The van der Waals surface area contributed by atoms with Gasteiger partial charge in [0, 0.05) is 0 Å². The zero-order chi connectivity index (χ0) is 8.27. The Labute approximate surface area is 71.4 Å². The van der Waals surface area contributed by atoms with Gasteiger partial charge in [-0.25, -0.2) is 0 Å². The standard InChI is InChI=1S/C11H22/c1-4-10(3)11-7-5-6-9(2)8-11/h9-11H,4-8H2,1-3H3/t9-,10-,11?/m0/s1. The molecule has 0 saturated heterocycles. The van der Waals surface area contributed by atoms with Crippen LogP contribution in [0.15, 0.2) is 0 Å². The Kier molecular flexibility index (Phi) is 3.42. The molecule has 1 saturated carbocycles. The van der Waals surface area contributed by atoms with Crippen molar-refractivity contribution >= 4 is 0 Å². The molecule has 1 fully saturated rings. The van der Waals surface area contributed by atoms with Crippen LogP contribution in [-0.2, 0) is 0 Å². The van der Waals surface area contributed by atoms with Gasteiger partial charge in [0.1, 0.15) is 0 Å². The van der Waals surface area contributed by atoms with Crippen molar-refractivity contribution in [3.63, 3.8) is 0 Å². The maximum Gasteiger partial charge on any atom is -0.0386 e. The van der Waals surface area contributed by atoms with Crippen molar-refractivity contribution in [2.75, 3.05) is 0 Å². The van der Waals surface area contributed by atoms with E-state index in [0.29, 0.717) is 0 Å². The van der Waals surface area contributed by atoms with Crippen molar-refractivity contribution in [3.05, 3.63) is 0 Å². The Morgan fingerprint density at radius 1 is 1.36 bits per heavy atom. The smallest absolute Gasteiger partial charge is 0.0386 e. The zero-order valence-electron chi connectivity index (χ0n) is 8.27. The molecule has 0 heterocycles.